The lowest BCUT2D eigenvalue weighted by molar-refractivity contribution is 0.0938. The minimum Gasteiger partial charge on any atom is -0.388 e. The first kappa shape index (κ1) is 15.5. The van der Waals surface area contributed by atoms with Gasteiger partial charge in [0, 0.05) is 24.3 Å². The molecular formula is C16H26N2O. The van der Waals surface area contributed by atoms with E-state index in [2.05, 4.69) is 24.5 Å². The highest BCUT2D eigenvalue weighted by Gasteiger charge is 2.10. The van der Waals surface area contributed by atoms with E-state index < -0.39 is 0 Å². The normalized spacial score (nSPS) is 12.0. The molecule has 0 radical (unpaired) electrons. The summed E-state index contributed by atoms with van der Waals surface area (Å²) in [5, 5.41) is 6.17. The summed E-state index contributed by atoms with van der Waals surface area (Å²) in [6.07, 6.45) is 4.67. The molecule has 0 saturated heterocycles. The summed E-state index contributed by atoms with van der Waals surface area (Å²) < 4.78 is 0. The molecule has 106 valence electrons. The van der Waals surface area contributed by atoms with E-state index in [4.69, 9.17) is 0 Å². The van der Waals surface area contributed by atoms with Crippen LogP contribution in [0.5, 0.6) is 0 Å². The molecule has 1 amide bonds. The molecule has 0 aliphatic carbocycles. The standard InChI is InChI=1S/C16H26N2O/c1-5-6-7-8-13(3)18-16(19)14-9-10-15(17-4)12(2)11-14/h9-11,13,17H,5-8H2,1-4H3,(H,18,19). The van der Waals surface area contributed by atoms with Crippen molar-refractivity contribution in [3.05, 3.63) is 29.3 Å². The molecule has 0 aliphatic rings. The minimum absolute atomic E-state index is 0.0229. The van der Waals surface area contributed by atoms with Gasteiger partial charge < -0.3 is 10.6 Å². The summed E-state index contributed by atoms with van der Waals surface area (Å²) in [5.74, 6) is 0.0229. The summed E-state index contributed by atoms with van der Waals surface area (Å²) >= 11 is 0. The molecule has 1 aromatic rings. The maximum atomic E-state index is 12.1. The van der Waals surface area contributed by atoms with Crippen molar-refractivity contribution >= 4 is 11.6 Å². The number of aryl methyl sites for hydroxylation is 1. The third kappa shape index (κ3) is 4.93. The van der Waals surface area contributed by atoms with E-state index in [0.29, 0.717) is 0 Å². The highest BCUT2D eigenvalue weighted by Crippen LogP contribution is 2.16. The van der Waals surface area contributed by atoms with Crippen molar-refractivity contribution in [1.82, 2.24) is 5.32 Å². The van der Waals surface area contributed by atoms with Gasteiger partial charge >= 0.3 is 0 Å². The quantitative estimate of drug-likeness (QED) is 0.735. The fourth-order valence-corrected chi connectivity index (χ4v) is 2.17. The number of anilines is 1. The molecule has 19 heavy (non-hydrogen) atoms. The second-order valence-corrected chi connectivity index (χ2v) is 5.15. The summed E-state index contributed by atoms with van der Waals surface area (Å²) in [7, 11) is 1.89. The first-order chi connectivity index (χ1) is 9.08. The Morgan fingerprint density at radius 1 is 1.32 bits per heavy atom. The third-order valence-electron chi connectivity index (χ3n) is 3.38. The van der Waals surface area contributed by atoms with Crippen LogP contribution in [0, 0.1) is 6.92 Å². The summed E-state index contributed by atoms with van der Waals surface area (Å²) in [4.78, 5) is 12.1. The lowest BCUT2D eigenvalue weighted by atomic mass is 10.1. The number of benzene rings is 1. The molecular weight excluding hydrogens is 236 g/mol. The Morgan fingerprint density at radius 3 is 2.63 bits per heavy atom. The molecule has 3 nitrogen and oxygen atoms in total. The van der Waals surface area contributed by atoms with Crippen LogP contribution in [-0.4, -0.2) is 19.0 Å². The van der Waals surface area contributed by atoms with E-state index >= 15 is 0 Å². The zero-order valence-electron chi connectivity index (χ0n) is 12.5. The number of nitrogens with one attached hydrogen (secondary N) is 2. The summed E-state index contributed by atoms with van der Waals surface area (Å²) in [6.45, 7) is 6.27. The molecule has 3 heteroatoms. The second kappa shape index (κ2) is 7.82. The van der Waals surface area contributed by atoms with Gasteiger partial charge in [0.25, 0.3) is 5.91 Å². The van der Waals surface area contributed by atoms with Gasteiger partial charge in [-0.15, -0.1) is 0 Å². The molecule has 1 unspecified atom stereocenters. The summed E-state index contributed by atoms with van der Waals surface area (Å²) in [6, 6.07) is 5.99. The first-order valence-electron chi connectivity index (χ1n) is 7.17. The van der Waals surface area contributed by atoms with E-state index in [1.165, 1.54) is 19.3 Å². The Labute approximate surface area is 116 Å². The van der Waals surface area contributed by atoms with E-state index in [0.717, 1.165) is 23.2 Å². The monoisotopic (exact) mass is 262 g/mol. The van der Waals surface area contributed by atoms with Crippen LogP contribution in [0.2, 0.25) is 0 Å². The third-order valence-corrected chi connectivity index (χ3v) is 3.38. The zero-order valence-corrected chi connectivity index (χ0v) is 12.5. The molecule has 0 heterocycles. The predicted octanol–water partition coefficient (Wildman–Crippen LogP) is 3.74. The van der Waals surface area contributed by atoms with Crippen LogP contribution >= 0.6 is 0 Å². The van der Waals surface area contributed by atoms with E-state index in [9.17, 15) is 4.79 Å². The number of carbonyl (C=O) groups excluding carboxylic acids is 1. The van der Waals surface area contributed by atoms with Crippen molar-refractivity contribution in [3.63, 3.8) is 0 Å². The number of hydrogen-bond donors (Lipinski definition) is 2. The summed E-state index contributed by atoms with van der Waals surface area (Å²) in [5.41, 5.74) is 2.89. The van der Waals surface area contributed by atoms with Gasteiger partial charge in [-0.2, -0.15) is 0 Å². The van der Waals surface area contributed by atoms with Crippen molar-refractivity contribution in [1.29, 1.82) is 0 Å². The molecule has 0 aliphatic heterocycles. The van der Waals surface area contributed by atoms with Gasteiger partial charge in [0.15, 0.2) is 0 Å². The van der Waals surface area contributed by atoms with Crippen molar-refractivity contribution in [2.45, 2.75) is 52.5 Å². The van der Waals surface area contributed by atoms with Gasteiger partial charge in [0.05, 0.1) is 0 Å². The number of rotatable bonds is 7. The van der Waals surface area contributed by atoms with E-state index in [-0.39, 0.29) is 11.9 Å². The topological polar surface area (TPSA) is 41.1 Å². The SMILES string of the molecule is CCCCCC(C)NC(=O)c1ccc(NC)c(C)c1. The molecule has 2 N–H and O–H groups in total. The van der Waals surface area contributed by atoms with Crippen molar-refractivity contribution < 1.29 is 4.79 Å². The van der Waals surface area contributed by atoms with Gasteiger partial charge in [-0.1, -0.05) is 26.2 Å². The van der Waals surface area contributed by atoms with Crippen LogP contribution in [0.25, 0.3) is 0 Å². The Hall–Kier alpha value is -1.51. The lowest BCUT2D eigenvalue weighted by Gasteiger charge is -2.14. The fourth-order valence-electron chi connectivity index (χ4n) is 2.17. The highest BCUT2D eigenvalue weighted by atomic mass is 16.1. The maximum absolute atomic E-state index is 12.1. The van der Waals surface area contributed by atoms with E-state index in [1.54, 1.807) is 0 Å². The van der Waals surface area contributed by atoms with E-state index in [1.807, 2.05) is 32.2 Å². The van der Waals surface area contributed by atoms with Crippen LogP contribution in [-0.2, 0) is 0 Å². The van der Waals surface area contributed by atoms with Crippen LogP contribution in [0.4, 0.5) is 5.69 Å². The van der Waals surface area contributed by atoms with Crippen LogP contribution < -0.4 is 10.6 Å². The van der Waals surface area contributed by atoms with Gasteiger partial charge in [0.2, 0.25) is 0 Å². The van der Waals surface area contributed by atoms with Gasteiger partial charge in [-0.05, 0) is 44.0 Å². The fraction of sp³-hybridized carbons (Fsp3) is 0.562. The average Bonchev–Trinajstić information content (AvgIpc) is 2.38. The maximum Gasteiger partial charge on any atom is 0.251 e. The Balaban J connectivity index is 2.55. The smallest absolute Gasteiger partial charge is 0.251 e. The molecule has 1 aromatic carbocycles. The Morgan fingerprint density at radius 2 is 2.05 bits per heavy atom. The largest absolute Gasteiger partial charge is 0.388 e. The molecule has 0 bridgehead atoms. The average molecular weight is 262 g/mol. The highest BCUT2D eigenvalue weighted by molar-refractivity contribution is 5.95. The number of unbranched alkanes of at least 4 members (excludes halogenated alkanes) is 2. The van der Waals surface area contributed by atoms with Crippen molar-refractivity contribution in [3.8, 4) is 0 Å². The van der Waals surface area contributed by atoms with Gasteiger partial charge in [0.1, 0.15) is 0 Å². The second-order valence-electron chi connectivity index (χ2n) is 5.15. The lowest BCUT2D eigenvalue weighted by Crippen LogP contribution is -2.32. The Bertz CT molecular complexity index is 415. The minimum atomic E-state index is 0.0229. The number of hydrogen-bond acceptors (Lipinski definition) is 2. The Kier molecular flexibility index (Phi) is 6.40. The molecule has 0 saturated carbocycles. The molecule has 0 spiro atoms. The zero-order chi connectivity index (χ0) is 14.3. The van der Waals surface area contributed by atoms with Gasteiger partial charge in [-0.3, -0.25) is 4.79 Å². The van der Waals surface area contributed by atoms with Crippen LogP contribution in [0.3, 0.4) is 0 Å². The van der Waals surface area contributed by atoms with Crippen molar-refractivity contribution in [2.75, 3.05) is 12.4 Å². The molecule has 1 atom stereocenters. The number of amides is 1. The van der Waals surface area contributed by atoms with Crippen LogP contribution in [0.15, 0.2) is 18.2 Å². The molecule has 0 aromatic heterocycles. The van der Waals surface area contributed by atoms with Gasteiger partial charge in [-0.25, -0.2) is 0 Å². The molecule has 0 fully saturated rings. The number of carbonyl (C=O) groups is 1. The predicted molar refractivity (Wildman–Crippen MR) is 81.8 cm³/mol. The first-order valence-corrected chi connectivity index (χ1v) is 7.17. The van der Waals surface area contributed by atoms with Crippen molar-refractivity contribution in [2.24, 2.45) is 0 Å². The van der Waals surface area contributed by atoms with Crippen LogP contribution in [0.1, 0.15) is 55.5 Å². The molecule has 1 rings (SSSR count).